The summed E-state index contributed by atoms with van der Waals surface area (Å²) in [5, 5.41) is 8.76. The number of halogens is 1. The Hall–Kier alpha value is -2.04. The molecule has 26 heavy (non-hydrogen) atoms. The highest BCUT2D eigenvalue weighted by Crippen LogP contribution is 2.37. The van der Waals surface area contributed by atoms with E-state index in [1.807, 2.05) is 6.07 Å². The van der Waals surface area contributed by atoms with Crippen LogP contribution in [0, 0.1) is 18.7 Å². The Balaban J connectivity index is 1.62. The number of hydrogen-bond donors (Lipinski definition) is 0. The molecule has 1 fully saturated rings. The minimum Gasteiger partial charge on any atom is -0.312 e. The molecule has 1 heterocycles. The van der Waals surface area contributed by atoms with Crippen molar-refractivity contribution in [1.82, 2.24) is 14.8 Å². The van der Waals surface area contributed by atoms with Crippen molar-refractivity contribution in [2.75, 3.05) is 0 Å². The van der Waals surface area contributed by atoms with Gasteiger partial charge in [-0.15, -0.1) is 10.2 Å². The van der Waals surface area contributed by atoms with Crippen LogP contribution in [0.15, 0.2) is 18.2 Å². The van der Waals surface area contributed by atoms with Gasteiger partial charge in [0.05, 0.1) is 0 Å². The number of nitrogens with zero attached hydrogens (tertiary/aromatic N) is 3. The number of benzene rings is 1. The molecule has 1 saturated carbocycles. The SMILES string of the molecule is Cc1c(F)cccc1CC(=O)CCc1nnc(CCC(C)C)n1C1CC1. The lowest BCUT2D eigenvalue weighted by Gasteiger charge is -2.10. The molecule has 0 N–H and O–H groups in total. The maximum absolute atomic E-state index is 13.6. The van der Waals surface area contributed by atoms with Gasteiger partial charge in [-0.1, -0.05) is 26.0 Å². The van der Waals surface area contributed by atoms with Gasteiger partial charge < -0.3 is 4.57 Å². The lowest BCUT2D eigenvalue weighted by molar-refractivity contribution is -0.118. The van der Waals surface area contributed by atoms with Crippen LogP contribution in [0.25, 0.3) is 0 Å². The molecule has 0 spiro atoms. The van der Waals surface area contributed by atoms with Gasteiger partial charge in [-0.3, -0.25) is 4.79 Å². The highest BCUT2D eigenvalue weighted by atomic mass is 19.1. The first kappa shape index (κ1) is 18.7. The van der Waals surface area contributed by atoms with Crippen molar-refractivity contribution in [3.05, 3.63) is 46.8 Å². The Morgan fingerprint density at radius 3 is 2.58 bits per heavy atom. The van der Waals surface area contributed by atoms with Crippen LogP contribution < -0.4 is 0 Å². The van der Waals surface area contributed by atoms with E-state index in [2.05, 4.69) is 28.6 Å². The fourth-order valence-corrected chi connectivity index (χ4v) is 3.27. The molecule has 4 nitrogen and oxygen atoms in total. The topological polar surface area (TPSA) is 47.8 Å². The second-order valence-corrected chi connectivity index (χ2v) is 7.81. The van der Waals surface area contributed by atoms with Crippen LogP contribution in [-0.4, -0.2) is 20.5 Å². The summed E-state index contributed by atoms with van der Waals surface area (Å²) in [7, 11) is 0. The van der Waals surface area contributed by atoms with E-state index in [0.717, 1.165) is 30.1 Å². The summed E-state index contributed by atoms with van der Waals surface area (Å²) in [5.41, 5.74) is 1.34. The molecule has 0 atom stereocenters. The third-order valence-corrected chi connectivity index (χ3v) is 5.09. The monoisotopic (exact) mass is 357 g/mol. The normalized spacial score (nSPS) is 14.2. The summed E-state index contributed by atoms with van der Waals surface area (Å²) in [6.45, 7) is 6.15. The van der Waals surface area contributed by atoms with Gasteiger partial charge in [0.25, 0.3) is 0 Å². The van der Waals surface area contributed by atoms with Crippen LogP contribution in [-0.2, 0) is 24.1 Å². The smallest absolute Gasteiger partial charge is 0.137 e. The predicted octanol–water partition coefficient (Wildman–Crippen LogP) is 4.39. The second kappa shape index (κ2) is 8.11. The first-order valence-electron chi connectivity index (χ1n) is 9.64. The zero-order valence-corrected chi connectivity index (χ0v) is 16.0. The highest BCUT2D eigenvalue weighted by Gasteiger charge is 2.29. The van der Waals surface area contributed by atoms with Gasteiger partial charge >= 0.3 is 0 Å². The molecule has 0 aliphatic heterocycles. The van der Waals surface area contributed by atoms with Gasteiger partial charge in [0, 0.05) is 31.7 Å². The highest BCUT2D eigenvalue weighted by molar-refractivity contribution is 5.81. The van der Waals surface area contributed by atoms with Crippen molar-refractivity contribution in [3.63, 3.8) is 0 Å². The van der Waals surface area contributed by atoms with Crippen LogP contribution in [0.4, 0.5) is 4.39 Å². The summed E-state index contributed by atoms with van der Waals surface area (Å²) in [6.07, 6.45) is 5.71. The van der Waals surface area contributed by atoms with Crippen molar-refractivity contribution in [3.8, 4) is 0 Å². The summed E-state index contributed by atoms with van der Waals surface area (Å²) >= 11 is 0. The van der Waals surface area contributed by atoms with Crippen molar-refractivity contribution >= 4 is 5.78 Å². The predicted molar refractivity (Wildman–Crippen MR) is 99.6 cm³/mol. The van der Waals surface area contributed by atoms with Gasteiger partial charge in [-0.05, 0) is 49.3 Å². The quantitative estimate of drug-likeness (QED) is 0.668. The van der Waals surface area contributed by atoms with Crippen LogP contribution >= 0.6 is 0 Å². The molecular weight excluding hydrogens is 329 g/mol. The number of ketones is 1. The van der Waals surface area contributed by atoms with Gasteiger partial charge in [0.1, 0.15) is 23.2 Å². The average Bonchev–Trinajstić information content (AvgIpc) is 3.35. The Morgan fingerprint density at radius 2 is 1.92 bits per heavy atom. The summed E-state index contributed by atoms with van der Waals surface area (Å²) in [6, 6.07) is 5.44. The van der Waals surface area contributed by atoms with Crippen LogP contribution in [0.5, 0.6) is 0 Å². The molecule has 1 aliphatic rings. The molecule has 1 aromatic heterocycles. The molecule has 0 radical (unpaired) electrons. The zero-order valence-electron chi connectivity index (χ0n) is 16.0. The molecule has 0 unspecified atom stereocenters. The molecule has 140 valence electrons. The number of aryl methyl sites for hydroxylation is 2. The maximum atomic E-state index is 13.6. The fourth-order valence-electron chi connectivity index (χ4n) is 3.27. The van der Waals surface area contributed by atoms with Gasteiger partial charge in [0.15, 0.2) is 0 Å². The molecule has 5 heteroatoms. The zero-order chi connectivity index (χ0) is 18.7. The van der Waals surface area contributed by atoms with Crippen LogP contribution in [0.2, 0.25) is 0 Å². The summed E-state index contributed by atoms with van der Waals surface area (Å²) in [5.74, 6) is 2.49. The number of carbonyl (C=O) groups is 1. The van der Waals surface area contributed by atoms with Gasteiger partial charge in [-0.25, -0.2) is 4.39 Å². The van der Waals surface area contributed by atoms with E-state index in [1.165, 1.54) is 18.9 Å². The molecule has 0 bridgehead atoms. The van der Waals surface area contributed by atoms with E-state index in [4.69, 9.17) is 0 Å². The summed E-state index contributed by atoms with van der Waals surface area (Å²) < 4.78 is 15.9. The Morgan fingerprint density at radius 1 is 1.23 bits per heavy atom. The van der Waals surface area contributed by atoms with Crippen molar-refractivity contribution in [1.29, 1.82) is 0 Å². The third kappa shape index (κ3) is 4.57. The number of carbonyl (C=O) groups excluding carboxylic acids is 1. The molecule has 3 rings (SSSR count). The third-order valence-electron chi connectivity index (χ3n) is 5.09. The van der Waals surface area contributed by atoms with Crippen molar-refractivity contribution in [2.45, 2.75) is 71.8 Å². The first-order valence-corrected chi connectivity index (χ1v) is 9.64. The summed E-state index contributed by atoms with van der Waals surface area (Å²) in [4.78, 5) is 12.4. The molecule has 1 aliphatic carbocycles. The van der Waals surface area contributed by atoms with E-state index >= 15 is 0 Å². The van der Waals surface area contributed by atoms with Crippen LogP contribution in [0.3, 0.4) is 0 Å². The largest absolute Gasteiger partial charge is 0.312 e. The number of Topliss-reactive ketones (excluding diaryl/α,β-unsaturated/α-hetero) is 1. The molecule has 0 saturated heterocycles. The minimum atomic E-state index is -0.251. The Labute approximate surface area is 154 Å². The molecule has 2 aromatic rings. The Kier molecular flexibility index (Phi) is 5.84. The van der Waals surface area contributed by atoms with Crippen LogP contribution in [0.1, 0.15) is 68.3 Å². The number of rotatable bonds is 9. The van der Waals surface area contributed by atoms with E-state index in [0.29, 0.717) is 30.4 Å². The first-order chi connectivity index (χ1) is 12.5. The van der Waals surface area contributed by atoms with E-state index in [-0.39, 0.29) is 18.0 Å². The lowest BCUT2D eigenvalue weighted by Crippen LogP contribution is -2.11. The minimum absolute atomic E-state index is 0.118. The lowest BCUT2D eigenvalue weighted by atomic mass is 10.0. The van der Waals surface area contributed by atoms with Gasteiger partial charge in [-0.2, -0.15) is 0 Å². The standard InChI is InChI=1S/C21H28FN3O/c1-14(2)7-11-20-23-24-21(25(20)17-8-9-17)12-10-18(26)13-16-5-4-6-19(22)15(16)3/h4-6,14,17H,7-13H2,1-3H3. The van der Waals surface area contributed by atoms with E-state index in [9.17, 15) is 9.18 Å². The fraction of sp³-hybridized carbons (Fsp3) is 0.571. The van der Waals surface area contributed by atoms with E-state index < -0.39 is 0 Å². The average molecular weight is 357 g/mol. The molecule has 0 amide bonds. The van der Waals surface area contributed by atoms with Gasteiger partial charge in [0.2, 0.25) is 0 Å². The van der Waals surface area contributed by atoms with Crippen molar-refractivity contribution in [2.24, 2.45) is 5.92 Å². The van der Waals surface area contributed by atoms with Crippen molar-refractivity contribution < 1.29 is 9.18 Å². The number of aromatic nitrogens is 3. The second-order valence-electron chi connectivity index (χ2n) is 7.81. The molecule has 1 aromatic carbocycles. The van der Waals surface area contributed by atoms with E-state index in [1.54, 1.807) is 13.0 Å². The Bertz CT molecular complexity index is 778. The maximum Gasteiger partial charge on any atom is 0.137 e. The molecular formula is C21H28FN3O. The number of hydrogen-bond acceptors (Lipinski definition) is 3.